The predicted octanol–water partition coefficient (Wildman–Crippen LogP) is 6.14. The second-order valence-corrected chi connectivity index (χ2v) is 9.31. The van der Waals surface area contributed by atoms with E-state index in [1.165, 1.54) is 19.3 Å². The van der Waals surface area contributed by atoms with Crippen molar-refractivity contribution in [2.24, 2.45) is 5.41 Å². The topological polar surface area (TPSA) is 67.2 Å². The van der Waals surface area contributed by atoms with Gasteiger partial charge in [0.2, 0.25) is 5.91 Å². The number of amides is 1. The quantitative estimate of drug-likeness (QED) is 0.206. The molecule has 2 N–H and O–H groups in total. The molecule has 0 aliphatic heterocycles. The summed E-state index contributed by atoms with van der Waals surface area (Å²) >= 11 is 0. The Bertz CT molecular complexity index is 730. The molecule has 0 aliphatic rings. The van der Waals surface area contributed by atoms with Gasteiger partial charge in [0.25, 0.3) is 0 Å². The largest absolute Gasteiger partial charge is 0.394 e. The second kappa shape index (κ2) is 18.1. The number of allylic oxidation sites excluding steroid dienone is 8. The van der Waals surface area contributed by atoms with Gasteiger partial charge in [-0.1, -0.05) is 68.9 Å². The number of rotatable bonds is 18. The van der Waals surface area contributed by atoms with Crippen molar-refractivity contribution in [3.63, 3.8) is 0 Å². The Balaban J connectivity index is 2.02. The Morgan fingerprint density at radius 2 is 1.70 bits per heavy atom. The van der Waals surface area contributed by atoms with E-state index in [0.717, 1.165) is 38.6 Å². The monoisotopic (exact) mass is 455 g/mol. The molecule has 1 amide bonds. The minimum Gasteiger partial charge on any atom is -0.394 e. The number of imidazole rings is 1. The van der Waals surface area contributed by atoms with E-state index in [1.54, 1.807) is 6.92 Å². The highest BCUT2D eigenvalue weighted by Gasteiger charge is 2.12. The first-order chi connectivity index (χ1) is 15.9. The van der Waals surface area contributed by atoms with E-state index in [-0.39, 0.29) is 24.0 Å². The molecule has 0 saturated carbocycles. The summed E-state index contributed by atoms with van der Waals surface area (Å²) in [6, 6.07) is -0.163. The predicted molar refractivity (Wildman–Crippen MR) is 139 cm³/mol. The third kappa shape index (κ3) is 16.8. The van der Waals surface area contributed by atoms with Crippen molar-refractivity contribution in [3.05, 3.63) is 67.3 Å². The molecule has 0 unspecified atom stereocenters. The second-order valence-electron chi connectivity index (χ2n) is 9.31. The van der Waals surface area contributed by atoms with Crippen LogP contribution >= 0.6 is 0 Å². The van der Waals surface area contributed by atoms with Crippen LogP contribution in [0.2, 0.25) is 0 Å². The molecule has 1 atom stereocenters. The van der Waals surface area contributed by atoms with Crippen molar-refractivity contribution in [1.29, 1.82) is 0 Å². The molecule has 0 saturated heterocycles. The molecule has 0 bridgehead atoms. The number of nitrogens with one attached hydrogen (secondary N) is 1. The number of hydrogen-bond donors (Lipinski definition) is 2. The van der Waals surface area contributed by atoms with E-state index in [1.807, 2.05) is 18.7 Å². The maximum atomic E-state index is 11.6. The van der Waals surface area contributed by atoms with E-state index < -0.39 is 0 Å². The summed E-state index contributed by atoms with van der Waals surface area (Å²) in [5.74, 6) is 0.0108. The molecule has 0 fully saturated rings. The first-order valence-electron chi connectivity index (χ1n) is 12.4. The molecular formula is C28H45N3O2. The van der Waals surface area contributed by atoms with E-state index in [0.29, 0.717) is 6.42 Å². The van der Waals surface area contributed by atoms with E-state index >= 15 is 0 Å². The standard InChI is InChI=1S/C28H45N3O2/c1-26(24-32)30-27(33)18-14-12-10-8-6-4-5-7-9-11-13-15-19-28(2,3)20-16-17-22-31-23-21-29-25-31/h4-5,8-11,15,19,21,23,25-26,32H,6-7,12-14,16-18,20,22,24H2,1-3H3,(H,30,33)/t26-/m1/s1. The maximum Gasteiger partial charge on any atom is 0.220 e. The number of aliphatic hydroxyl groups excluding tert-OH is 1. The number of carbonyl (C=O) groups excluding carboxylic acids is 1. The summed E-state index contributed by atoms with van der Waals surface area (Å²) < 4.78 is 2.14. The Morgan fingerprint density at radius 1 is 1.03 bits per heavy atom. The van der Waals surface area contributed by atoms with Crippen molar-refractivity contribution in [3.8, 4) is 0 Å². The smallest absolute Gasteiger partial charge is 0.220 e. The molecule has 5 heteroatoms. The molecule has 1 aromatic rings. The highest BCUT2D eigenvalue weighted by Crippen LogP contribution is 2.25. The summed E-state index contributed by atoms with van der Waals surface area (Å²) in [7, 11) is 0. The number of carbonyl (C=O) groups is 1. The van der Waals surface area contributed by atoms with Gasteiger partial charge in [0.1, 0.15) is 0 Å². The van der Waals surface area contributed by atoms with E-state index in [9.17, 15) is 4.79 Å². The van der Waals surface area contributed by atoms with Crippen LogP contribution in [0.15, 0.2) is 67.3 Å². The number of nitrogens with zero attached hydrogens (tertiary/aromatic N) is 2. The average Bonchev–Trinajstić information content (AvgIpc) is 3.30. The van der Waals surface area contributed by atoms with Crippen LogP contribution in [-0.2, 0) is 11.3 Å². The molecule has 0 spiro atoms. The molecule has 0 radical (unpaired) electrons. The third-order valence-corrected chi connectivity index (χ3v) is 5.39. The number of aromatic nitrogens is 2. The first-order valence-corrected chi connectivity index (χ1v) is 12.4. The van der Waals surface area contributed by atoms with Gasteiger partial charge in [0, 0.05) is 31.4 Å². The molecule has 184 valence electrons. The van der Waals surface area contributed by atoms with Crippen LogP contribution in [-0.4, -0.2) is 33.2 Å². The van der Waals surface area contributed by atoms with Gasteiger partial charge in [0.05, 0.1) is 12.9 Å². The van der Waals surface area contributed by atoms with Crippen LogP contribution in [0.3, 0.4) is 0 Å². The highest BCUT2D eigenvalue weighted by molar-refractivity contribution is 5.76. The third-order valence-electron chi connectivity index (χ3n) is 5.39. The van der Waals surface area contributed by atoms with Gasteiger partial charge in [-0.05, 0) is 57.3 Å². The molecule has 0 aliphatic carbocycles. The molecule has 1 aromatic heterocycles. The zero-order chi connectivity index (χ0) is 24.2. The summed E-state index contributed by atoms with van der Waals surface area (Å²) in [6.07, 6.45) is 32.2. The van der Waals surface area contributed by atoms with Gasteiger partial charge in [0.15, 0.2) is 0 Å². The zero-order valence-electron chi connectivity index (χ0n) is 21.0. The van der Waals surface area contributed by atoms with E-state index in [4.69, 9.17) is 5.11 Å². The molecule has 1 heterocycles. The molecule has 5 nitrogen and oxygen atoms in total. The molecule has 0 aromatic carbocycles. The summed E-state index contributed by atoms with van der Waals surface area (Å²) in [4.78, 5) is 15.7. The van der Waals surface area contributed by atoms with Gasteiger partial charge >= 0.3 is 0 Å². The number of unbranched alkanes of at least 4 members (excludes halogenated alkanes) is 2. The Labute approximate surface area is 201 Å². The summed E-state index contributed by atoms with van der Waals surface area (Å²) in [6.45, 7) is 7.46. The fourth-order valence-corrected chi connectivity index (χ4v) is 3.37. The zero-order valence-corrected chi connectivity index (χ0v) is 21.0. The molecular weight excluding hydrogens is 410 g/mol. The normalized spacial score (nSPS) is 13.7. The highest BCUT2D eigenvalue weighted by atomic mass is 16.3. The molecule has 1 rings (SSSR count). The maximum absolute atomic E-state index is 11.6. The van der Waals surface area contributed by atoms with Gasteiger partial charge in [-0.15, -0.1) is 0 Å². The minimum absolute atomic E-state index is 0.0108. The Kier molecular flexibility index (Phi) is 15.7. The van der Waals surface area contributed by atoms with Crippen molar-refractivity contribution < 1.29 is 9.90 Å². The van der Waals surface area contributed by atoms with Gasteiger partial charge < -0.3 is 15.0 Å². The van der Waals surface area contributed by atoms with Crippen molar-refractivity contribution in [1.82, 2.24) is 14.9 Å². The fourth-order valence-electron chi connectivity index (χ4n) is 3.37. The van der Waals surface area contributed by atoms with Gasteiger partial charge in [-0.2, -0.15) is 0 Å². The Morgan fingerprint density at radius 3 is 2.33 bits per heavy atom. The van der Waals surface area contributed by atoms with Crippen molar-refractivity contribution >= 4 is 5.91 Å². The number of hydrogen-bond acceptors (Lipinski definition) is 3. The van der Waals surface area contributed by atoms with Crippen LogP contribution in [0.4, 0.5) is 0 Å². The summed E-state index contributed by atoms with van der Waals surface area (Å²) in [5, 5.41) is 11.7. The first kappa shape index (κ1) is 28.6. The van der Waals surface area contributed by atoms with Gasteiger partial charge in [-0.3, -0.25) is 4.79 Å². The van der Waals surface area contributed by atoms with Crippen molar-refractivity contribution in [2.45, 2.75) is 91.1 Å². The van der Waals surface area contributed by atoms with Crippen molar-refractivity contribution in [2.75, 3.05) is 6.61 Å². The summed E-state index contributed by atoms with van der Waals surface area (Å²) in [5.41, 5.74) is 0.247. The molecule has 33 heavy (non-hydrogen) atoms. The number of aliphatic hydroxyl groups is 1. The number of aryl methyl sites for hydroxylation is 1. The van der Waals surface area contributed by atoms with Crippen LogP contribution in [0, 0.1) is 5.41 Å². The lowest BCUT2D eigenvalue weighted by Gasteiger charge is -2.20. The van der Waals surface area contributed by atoms with Crippen LogP contribution in [0.5, 0.6) is 0 Å². The van der Waals surface area contributed by atoms with Crippen LogP contribution in [0.25, 0.3) is 0 Å². The SMILES string of the molecule is C[C@H](CO)NC(=O)CCCC=CCC=CCC=CCC=CC(C)(C)CCCCn1ccnc1. The van der Waals surface area contributed by atoms with E-state index in [2.05, 4.69) is 77.3 Å². The van der Waals surface area contributed by atoms with Gasteiger partial charge in [-0.25, -0.2) is 4.98 Å². The minimum atomic E-state index is -0.163. The van der Waals surface area contributed by atoms with Crippen LogP contribution in [0.1, 0.15) is 78.6 Å². The average molecular weight is 456 g/mol. The van der Waals surface area contributed by atoms with Crippen LogP contribution < -0.4 is 5.32 Å². The lowest BCUT2D eigenvalue weighted by atomic mass is 9.86. The fraction of sp³-hybridized carbons (Fsp3) is 0.571. The lowest BCUT2D eigenvalue weighted by Crippen LogP contribution is -2.34. The Hall–Kier alpha value is -2.40. The lowest BCUT2D eigenvalue weighted by molar-refractivity contribution is -0.122.